The summed E-state index contributed by atoms with van der Waals surface area (Å²) in [6.45, 7) is 5.02. The fourth-order valence-corrected chi connectivity index (χ4v) is 2.31. The molecule has 4 nitrogen and oxygen atoms in total. The number of ether oxygens (including phenoxy) is 1. The largest absolute Gasteiger partial charge is 0.389 e. The van der Waals surface area contributed by atoms with Crippen LogP contribution in [0, 0.1) is 0 Å². The second kappa shape index (κ2) is 5.20. The Balaban J connectivity index is 1.99. The third kappa shape index (κ3) is 3.40. The first kappa shape index (κ1) is 13.2. The monoisotopic (exact) mass is 265 g/mol. The fourth-order valence-electron chi connectivity index (χ4n) is 2.19. The number of nitrogens with zero attached hydrogens (tertiary/aromatic N) is 1. The third-order valence-electron chi connectivity index (χ3n) is 3.10. The van der Waals surface area contributed by atoms with Crippen molar-refractivity contribution in [2.24, 2.45) is 5.73 Å². The minimum atomic E-state index is -0.0608. The van der Waals surface area contributed by atoms with Gasteiger partial charge in [0.05, 0.1) is 5.60 Å². The number of hydrogen-bond donors (Lipinski definition) is 2. The van der Waals surface area contributed by atoms with Crippen LogP contribution in [0.15, 0.2) is 18.3 Å². The van der Waals surface area contributed by atoms with E-state index < -0.39 is 0 Å². The van der Waals surface area contributed by atoms with Crippen LogP contribution in [0.25, 0.3) is 0 Å². The Morgan fingerprint density at radius 3 is 2.89 bits per heavy atom. The van der Waals surface area contributed by atoms with Gasteiger partial charge in [0, 0.05) is 24.4 Å². The van der Waals surface area contributed by atoms with Crippen LogP contribution in [0.5, 0.6) is 0 Å². The maximum atomic E-state index is 5.69. The van der Waals surface area contributed by atoms with Gasteiger partial charge < -0.3 is 15.8 Å². The van der Waals surface area contributed by atoms with Crippen LogP contribution in [-0.2, 0) is 4.74 Å². The molecule has 1 aliphatic heterocycles. The third-order valence-corrected chi connectivity index (χ3v) is 3.33. The number of pyridine rings is 1. The summed E-state index contributed by atoms with van der Waals surface area (Å²) >= 11 is 4.90. The normalized spacial score (nSPS) is 22.4. The highest BCUT2D eigenvalue weighted by atomic mass is 32.1. The molecular weight excluding hydrogens is 246 g/mol. The average Bonchev–Trinajstić information content (AvgIpc) is 2.28. The van der Waals surface area contributed by atoms with Gasteiger partial charge in [-0.3, -0.25) is 0 Å². The molecule has 1 aromatic rings. The van der Waals surface area contributed by atoms with E-state index in [-0.39, 0.29) is 5.60 Å². The zero-order chi connectivity index (χ0) is 13.2. The molecule has 5 heteroatoms. The van der Waals surface area contributed by atoms with Crippen LogP contribution < -0.4 is 11.1 Å². The van der Waals surface area contributed by atoms with Gasteiger partial charge in [0.15, 0.2) is 0 Å². The van der Waals surface area contributed by atoms with Gasteiger partial charge in [0.25, 0.3) is 0 Å². The van der Waals surface area contributed by atoms with Crippen LogP contribution in [0.1, 0.15) is 32.3 Å². The Bertz CT molecular complexity index is 430. The molecule has 0 aliphatic carbocycles. The topological polar surface area (TPSA) is 60.2 Å². The Morgan fingerprint density at radius 1 is 1.56 bits per heavy atom. The molecular formula is C13H19N3OS. The van der Waals surface area contributed by atoms with Crippen LogP contribution in [0.2, 0.25) is 0 Å². The first-order valence-corrected chi connectivity index (χ1v) is 6.53. The molecule has 2 heterocycles. The number of thiocarbonyl (C=S) groups is 1. The summed E-state index contributed by atoms with van der Waals surface area (Å²) in [5, 5.41) is 3.43. The molecule has 0 amide bonds. The summed E-state index contributed by atoms with van der Waals surface area (Å²) in [7, 11) is 0. The van der Waals surface area contributed by atoms with Crippen molar-refractivity contribution in [2.75, 3.05) is 11.9 Å². The molecule has 1 saturated heterocycles. The van der Waals surface area contributed by atoms with Gasteiger partial charge in [0.2, 0.25) is 0 Å². The van der Waals surface area contributed by atoms with Gasteiger partial charge in [-0.25, -0.2) is 4.98 Å². The van der Waals surface area contributed by atoms with Crippen molar-refractivity contribution in [3.63, 3.8) is 0 Å². The number of nitrogens with two attached hydrogens (primary N) is 1. The van der Waals surface area contributed by atoms with E-state index in [1.807, 2.05) is 12.1 Å². The predicted molar refractivity (Wildman–Crippen MR) is 76.8 cm³/mol. The zero-order valence-corrected chi connectivity index (χ0v) is 11.6. The summed E-state index contributed by atoms with van der Waals surface area (Å²) in [5.41, 5.74) is 6.27. The molecule has 1 fully saturated rings. The van der Waals surface area contributed by atoms with Crippen molar-refractivity contribution in [1.29, 1.82) is 0 Å². The molecule has 18 heavy (non-hydrogen) atoms. The van der Waals surface area contributed by atoms with Gasteiger partial charge in [-0.05, 0) is 38.8 Å². The van der Waals surface area contributed by atoms with Gasteiger partial charge in [-0.15, -0.1) is 0 Å². The van der Waals surface area contributed by atoms with Gasteiger partial charge in [-0.1, -0.05) is 12.2 Å². The van der Waals surface area contributed by atoms with Gasteiger partial charge >= 0.3 is 0 Å². The molecule has 3 N–H and O–H groups in total. The molecule has 1 atom stereocenters. The molecule has 1 aliphatic rings. The summed E-state index contributed by atoms with van der Waals surface area (Å²) in [6, 6.07) is 4.20. The lowest BCUT2D eigenvalue weighted by Gasteiger charge is -2.36. The minimum absolute atomic E-state index is 0.0608. The molecule has 1 unspecified atom stereocenters. The summed E-state index contributed by atoms with van der Waals surface area (Å²) < 4.78 is 5.69. The van der Waals surface area contributed by atoms with Crippen molar-refractivity contribution in [1.82, 2.24) is 4.98 Å². The zero-order valence-electron chi connectivity index (χ0n) is 10.8. The van der Waals surface area contributed by atoms with Crippen LogP contribution in [0.4, 0.5) is 5.82 Å². The number of rotatable bonds is 3. The highest BCUT2D eigenvalue weighted by molar-refractivity contribution is 7.80. The number of aromatic nitrogens is 1. The first-order chi connectivity index (χ1) is 8.46. The van der Waals surface area contributed by atoms with Crippen LogP contribution >= 0.6 is 12.2 Å². The van der Waals surface area contributed by atoms with E-state index in [4.69, 9.17) is 22.7 Å². The second-order valence-electron chi connectivity index (χ2n) is 5.24. The number of nitrogens with one attached hydrogen (secondary N) is 1. The molecule has 2 rings (SSSR count). The molecule has 0 radical (unpaired) electrons. The van der Waals surface area contributed by atoms with Crippen LogP contribution in [0.3, 0.4) is 0 Å². The smallest absolute Gasteiger partial charge is 0.126 e. The van der Waals surface area contributed by atoms with E-state index in [1.54, 1.807) is 6.20 Å². The molecule has 1 aromatic heterocycles. The van der Waals surface area contributed by atoms with Crippen molar-refractivity contribution >= 4 is 23.0 Å². The standard InChI is InChI=1S/C13H19N3OS/c1-13(2)7-10(5-6-17-13)16-11-4-3-9(8-15-11)12(14)18/h3-4,8,10H,5-7H2,1-2H3,(H2,14,18)(H,15,16). The number of hydrogen-bond acceptors (Lipinski definition) is 4. The molecule has 0 spiro atoms. The highest BCUT2D eigenvalue weighted by Crippen LogP contribution is 2.25. The van der Waals surface area contributed by atoms with E-state index in [0.29, 0.717) is 11.0 Å². The summed E-state index contributed by atoms with van der Waals surface area (Å²) in [4.78, 5) is 4.70. The predicted octanol–water partition coefficient (Wildman–Crippen LogP) is 2.09. The van der Waals surface area contributed by atoms with Crippen molar-refractivity contribution in [3.05, 3.63) is 23.9 Å². The van der Waals surface area contributed by atoms with Gasteiger partial charge in [-0.2, -0.15) is 0 Å². The lowest BCUT2D eigenvalue weighted by Crippen LogP contribution is -2.40. The Morgan fingerprint density at radius 2 is 2.33 bits per heavy atom. The number of anilines is 1. The minimum Gasteiger partial charge on any atom is -0.389 e. The first-order valence-electron chi connectivity index (χ1n) is 6.13. The summed E-state index contributed by atoms with van der Waals surface area (Å²) in [6.07, 6.45) is 3.68. The Hall–Kier alpha value is -1.20. The maximum Gasteiger partial charge on any atom is 0.126 e. The molecule has 98 valence electrons. The van der Waals surface area contributed by atoms with Crippen LogP contribution in [-0.4, -0.2) is 28.2 Å². The lowest BCUT2D eigenvalue weighted by atomic mass is 9.94. The molecule has 0 aromatic carbocycles. The quantitative estimate of drug-likeness (QED) is 0.819. The van der Waals surface area contributed by atoms with E-state index in [9.17, 15) is 0 Å². The summed E-state index contributed by atoms with van der Waals surface area (Å²) in [5.74, 6) is 0.859. The van der Waals surface area contributed by atoms with Gasteiger partial charge in [0.1, 0.15) is 10.8 Å². The van der Waals surface area contributed by atoms with Crippen molar-refractivity contribution < 1.29 is 4.74 Å². The van der Waals surface area contributed by atoms with E-state index in [2.05, 4.69) is 24.1 Å². The average molecular weight is 265 g/mol. The van der Waals surface area contributed by atoms with E-state index in [1.165, 1.54) is 0 Å². The second-order valence-corrected chi connectivity index (χ2v) is 5.68. The molecule has 0 saturated carbocycles. The fraction of sp³-hybridized carbons (Fsp3) is 0.538. The maximum absolute atomic E-state index is 5.69. The SMILES string of the molecule is CC1(C)CC(Nc2ccc(C(N)=S)cn2)CCO1. The molecule has 0 bridgehead atoms. The van der Waals surface area contributed by atoms with E-state index >= 15 is 0 Å². The van der Waals surface area contributed by atoms with Crippen molar-refractivity contribution in [2.45, 2.75) is 38.3 Å². The van der Waals surface area contributed by atoms with Crippen molar-refractivity contribution in [3.8, 4) is 0 Å². The lowest BCUT2D eigenvalue weighted by molar-refractivity contribution is -0.0553. The Labute approximate surface area is 113 Å². The van der Waals surface area contributed by atoms with E-state index in [0.717, 1.165) is 30.8 Å². The Kier molecular flexibility index (Phi) is 3.82. The highest BCUT2D eigenvalue weighted by Gasteiger charge is 2.28.